The predicted octanol–water partition coefficient (Wildman–Crippen LogP) is 2.85. The summed E-state index contributed by atoms with van der Waals surface area (Å²) >= 11 is 0. The van der Waals surface area contributed by atoms with Crippen LogP contribution in [0.4, 0.5) is 0 Å². The molecular formula is C14H23NO2. The van der Waals surface area contributed by atoms with Crippen LogP contribution >= 0.6 is 0 Å². The highest BCUT2D eigenvalue weighted by atomic mass is 16.5. The topological polar surface area (TPSA) is 30.5 Å². The molecule has 1 aromatic carbocycles. The van der Waals surface area contributed by atoms with Crippen molar-refractivity contribution in [2.45, 2.75) is 39.3 Å². The van der Waals surface area contributed by atoms with Crippen LogP contribution < -0.4 is 14.8 Å². The van der Waals surface area contributed by atoms with Gasteiger partial charge in [0, 0.05) is 12.1 Å². The van der Waals surface area contributed by atoms with Gasteiger partial charge in [-0.25, -0.2) is 0 Å². The number of benzene rings is 1. The van der Waals surface area contributed by atoms with Gasteiger partial charge in [-0.05, 0) is 32.0 Å². The maximum atomic E-state index is 5.92. The Morgan fingerprint density at radius 3 is 2.53 bits per heavy atom. The molecule has 2 atom stereocenters. The minimum absolute atomic E-state index is 0.145. The van der Waals surface area contributed by atoms with E-state index in [1.165, 1.54) is 0 Å². The normalized spacial score (nSPS) is 14.1. The fourth-order valence-electron chi connectivity index (χ4n) is 1.88. The summed E-state index contributed by atoms with van der Waals surface area (Å²) in [5.74, 6) is 1.68. The molecule has 0 saturated heterocycles. The molecule has 0 radical (unpaired) electrons. The molecule has 1 rings (SSSR count). The second-order valence-corrected chi connectivity index (χ2v) is 4.07. The van der Waals surface area contributed by atoms with E-state index >= 15 is 0 Å². The van der Waals surface area contributed by atoms with Crippen molar-refractivity contribution < 1.29 is 9.47 Å². The molecular weight excluding hydrogens is 214 g/mol. The maximum absolute atomic E-state index is 5.92. The van der Waals surface area contributed by atoms with E-state index in [0.717, 1.165) is 24.5 Å². The lowest BCUT2D eigenvalue weighted by molar-refractivity contribution is 0.168. The summed E-state index contributed by atoms with van der Waals surface area (Å²) in [6, 6.07) is 8.10. The van der Waals surface area contributed by atoms with Gasteiger partial charge in [-0.3, -0.25) is 0 Å². The van der Waals surface area contributed by atoms with Crippen LogP contribution in [-0.4, -0.2) is 25.8 Å². The molecule has 0 aromatic heterocycles. The van der Waals surface area contributed by atoms with Crippen molar-refractivity contribution in [3.05, 3.63) is 24.3 Å². The van der Waals surface area contributed by atoms with Gasteiger partial charge in [-0.2, -0.15) is 0 Å². The summed E-state index contributed by atoms with van der Waals surface area (Å²) in [7, 11) is 1.66. The van der Waals surface area contributed by atoms with E-state index in [1.807, 2.05) is 24.3 Å². The smallest absolute Gasteiger partial charge is 0.123 e. The number of likely N-dealkylation sites (N-methyl/N-ethyl adjacent to an activating group) is 1. The Bertz CT molecular complexity index is 328. The van der Waals surface area contributed by atoms with E-state index in [-0.39, 0.29) is 6.10 Å². The Hall–Kier alpha value is -1.22. The molecule has 0 spiro atoms. The van der Waals surface area contributed by atoms with Crippen LogP contribution in [0.25, 0.3) is 0 Å². The number of nitrogens with one attached hydrogen (secondary N) is 1. The van der Waals surface area contributed by atoms with E-state index in [4.69, 9.17) is 9.47 Å². The summed E-state index contributed by atoms with van der Waals surface area (Å²) < 4.78 is 11.1. The maximum Gasteiger partial charge on any atom is 0.123 e. The van der Waals surface area contributed by atoms with Gasteiger partial charge in [-0.1, -0.05) is 19.9 Å². The molecule has 1 aromatic rings. The van der Waals surface area contributed by atoms with Gasteiger partial charge in [0.05, 0.1) is 7.11 Å². The van der Waals surface area contributed by atoms with E-state index in [0.29, 0.717) is 6.04 Å². The lowest BCUT2D eigenvalue weighted by atomic mass is 10.1. The van der Waals surface area contributed by atoms with Crippen LogP contribution in [0.3, 0.4) is 0 Å². The first-order chi connectivity index (χ1) is 8.21. The molecule has 3 heteroatoms. The predicted molar refractivity (Wildman–Crippen MR) is 70.8 cm³/mol. The third kappa shape index (κ3) is 4.27. The van der Waals surface area contributed by atoms with E-state index in [2.05, 4.69) is 26.1 Å². The molecule has 0 aliphatic rings. The number of rotatable bonds is 7. The molecule has 96 valence electrons. The Balaban J connectivity index is 2.62. The Kier molecular flexibility index (Phi) is 5.84. The fourth-order valence-corrected chi connectivity index (χ4v) is 1.88. The van der Waals surface area contributed by atoms with Crippen LogP contribution in [-0.2, 0) is 0 Å². The van der Waals surface area contributed by atoms with Crippen molar-refractivity contribution in [1.82, 2.24) is 5.32 Å². The fraction of sp³-hybridized carbons (Fsp3) is 0.571. The molecule has 0 aliphatic carbocycles. The van der Waals surface area contributed by atoms with Crippen molar-refractivity contribution in [3.63, 3.8) is 0 Å². The Morgan fingerprint density at radius 2 is 1.94 bits per heavy atom. The highest BCUT2D eigenvalue weighted by molar-refractivity contribution is 5.33. The number of methoxy groups -OCH3 is 1. The van der Waals surface area contributed by atoms with E-state index < -0.39 is 0 Å². The lowest BCUT2D eigenvalue weighted by Gasteiger charge is -2.24. The first-order valence-corrected chi connectivity index (χ1v) is 6.25. The van der Waals surface area contributed by atoms with Gasteiger partial charge in [0.25, 0.3) is 0 Å². The van der Waals surface area contributed by atoms with Crippen molar-refractivity contribution in [2.24, 2.45) is 0 Å². The van der Waals surface area contributed by atoms with Gasteiger partial charge in [0.15, 0.2) is 0 Å². The highest BCUT2D eigenvalue weighted by Crippen LogP contribution is 2.20. The minimum atomic E-state index is 0.145. The van der Waals surface area contributed by atoms with Gasteiger partial charge in [0.2, 0.25) is 0 Å². The molecule has 0 heterocycles. The third-order valence-electron chi connectivity index (χ3n) is 2.84. The average molecular weight is 237 g/mol. The summed E-state index contributed by atoms with van der Waals surface area (Å²) in [5.41, 5.74) is 0. The summed E-state index contributed by atoms with van der Waals surface area (Å²) in [6.07, 6.45) is 1.20. The monoisotopic (exact) mass is 237 g/mol. The highest BCUT2D eigenvalue weighted by Gasteiger charge is 2.15. The second kappa shape index (κ2) is 7.17. The van der Waals surface area contributed by atoms with Gasteiger partial charge >= 0.3 is 0 Å². The van der Waals surface area contributed by atoms with Crippen LogP contribution in [0.2, 0.25) is 0 Å². The quantitative estimate of drug-likeness (QED) is 0.791. The van der Waals surface area contributed by atoms with Crippen molar-refractivity contribution in [2.75, 3.05) is 13.7 Å². The zero-order chi connectivity index (χ0) is 12.7. The SMILES string of the molecule is CCNC(CC)C(C)Oc1cccc(OC)c1. The second-order valence-electron chi connectivity index (χ2n) is 4.07. The molecule has 2 unspecified atom stereocenters. The number of hydrogen-bond acceptors (Lipinski definition) is 3. The van der Waals surface area contributed by atoms with Gasteiger partial charge in [0.1, 0.15) is 17.6 Å². The average Bonchev–Trinajstić information content (AvgIpc) is 2.36. The zero-order valence-corrected chi connectivity index (χ0v) is 11.2. The molecule has 3 nitrogen and oxygen atoms in total. The van der Waals surface area contributed by atoms with Crippen LogP contribution in [0, 0.1) is 0 Å². The van der Waals surface area contributed by atoms with Crippen molar-refractivity contribution in [3.8, 4) is 11.5 Å². The lowest BCUT2D eigenvalue weighted by Crippen LogP contribution is -2.40. The van der Waals surface area contributed by atoms with Crippen LogP contribution in [0.1, 0.15) is 27.2 Å². The van der Waals surface area contributed by atoms with Crippen molar-refractivity contribution >= 4 is 0 Å². The largest absolute Gasteiger partial charge is 0.497 e. The molecule has 0 saturated carbocycles. The van der Waals surface area contributed by atoms with Gasteiger partial charge < -0.3 is 14.8 Å². The molecule has 1 N–H and O–H groups in total. The van der Waals surface area contributed by atoms with Crippen LogP contribution in [0.15, 0.2) is 24.3 Å². The van der Waals surface area contributed by atoms with Crippen LogP contribution in [0.5, 0.6) is 11.5 Å². The number of ether oxygens (including phenoxy) is 2. The Labute approximate surface area is 104 Å². The van der Waals surface area contributed by atoms with Gasteiger partial charge in [-0.15, -0.1) is 0 Å². The summed E-state index contributed by atoms with van der Waals surface area (Å²) in [4.78, 5) is 0. The number of hydrogen-bond donors (Lipinski definition) is 1. The zero-order valence-electron chi connectivity index (χ0n) is 11.2. The third-order valence-corrected chi connectivity index (χ3v) is 2.84. The minimum Gasteiger partial charge on any atom is -0.497 e. The Morgan fingerprint density at radius 1 is 1.24 bits per heavy atom. The summed E-state index contributed by atoms with van der Waals surface area (Å²) in [6.45, 7) is 7.33. The molecule has 0 fully saturated rings. The molecule has 0 amide bonds. The van der Waals surface area contributed by atoms with E-state index in [1.54, 1.807) is 7.11 Å². The first-order valence-electron chi connectivity index (χ1n) is 6.25. The molecule has 0 aliphatic heterocycles. The van der Waals surface area contributed by atoms with Crippen molar-refractivity contribution in [1.29, 1.82) is 0 Å². The standard InChI is InChI=1S/C14H23NO2/c1-5-14(15-6-2)11(3)17-13-9-7-8-12(10-13)16-4/h7-11,14-15H,5-6H2,1-4H3. The molecule has 17 heavy (non-hydrogen) atoms. The molecule has 0 bridgehead atoms. The summed E-state index contributed by atoms with van der Waals surface area (Å²) in [5, 5.41) is 3.42. The first kappa shape index (κ1) is 13.8. The van der Waals surface area contributed by atoms with E-state index in [9.17, 15) is 0 Å².